The standard InChI is InChI=1S/C13H26N2O/c1-5-8-15(11(2)3)13(16)14-9-6-7-12(4)10-14/h11-12H,5-10H2,1-4H3. The maximum absolute atomic E-state index is 12.3. The SMILES string of the molecule is CCCN(C(=O)N1CCCC(C)C1)C(C)C. The van der Waals surface area contributed by atoms with Crippen LogP contribution in [0.1, 0.15) is 47.0 Å². The summed E-state index contributed by atoms with van der Waals surface area (Å²) in [4.78, 5) is 16.4. The van der Waals surface area contributed by atoms with Crippen LogP contribution in [0.4, 0.5) is 4.79 Å². The minimum absolute atomic E-state index is 0.239. The summed E-state index contributed by atoms with van der Waals surface area (Å²) in [5, 5.41) is 0. The normalized spacial score (nSPS) is 21.3. The van der Waals surface area contributed by atoms with Crippen molar-refractivity contribution in [1.82, 2.24) is 9.80 Å². The fourth-order valence-corrected chi connectivity index (χ4v) is 2.36. The zero-order valence-corrected chi connectivity index (χ0v) is 11.2. The lowest BCUT2D eigenvalue weighted by molar-refractivity contribution is 0.120. The number of carbonyl (C=O) groups excluding carboxylic acids is 1. The molecule has 0 aliphatic carbocycles. The van der Waals surface area contributed by atoms with Crippen LogP contribution in [-0.4, -0.2) is 41.5 Å². The van der Waals surface area contributed by atoms with Crippen molar-refractivity contribution in [2.45, 2.75) is 53.0 Å². The number of rotatable bonds is 3. The van der Waals surface area contributed by atoms with Gasteiger partial charge >= 0.3 is 6.03 Å². The Kier molecular flexibility index (Phi) is 5.10. The van der Waals surface area contributed by atoms with E-state index in [1.54, 1.807) is 0 Å². The fourth-order valence-electron chi connectivity index (χ4n) is 2.36. The van der Waals surface area contributed by atoms with Crippen LogP contribution in [0.15, 0.2) is 0 Å². The second-order valence-electron chi connectivity index (χ2n) is 5.26. The van der Waals surface area contributed by atoms with E-state index in [0.717, 1.165) is 32.5 Å². The van der Waals surface area contributed by atoms with Gasteiger partial charge in [-0.3, -0.25) is 0 Å². The van der Waals surface area contributed by atoms with E-state index in [0.29, 0.717) is 12.0 Å². The molecule has 0 aromatic rings. The molecule has 1 fully saturated rings. The van der Waals surface area contributed by atoms with Crippen LogP contribution in [0.2, 0.25) is 0 Å². The Morgan fingerprint density at radius 3 is 2.69 bits per heavy atom. The van der Waals surface area contributed by atoms with Crippen LogP contribution < -0.4 is 0 Å². The Hall–Kier alpha value is -0.730. The van der Waals surface area contributed by atoms with Crippen LogP contribution in [-0.2, 0) is 0 Å². The van der Waals surface area contributed by atoms with E-state index in [1.165, 1.54) is 6.42 Å². The molecule has 1 atom stereocenters. The van der Waals surface area contributed by atoms with Crippen molar-refractivity contribution >= 4 is 6.03 Å². The largest absolute Gasteiger partial charge is 0.324 e. The predicted octanol–water partition coefficient (Wildman–Crippen LogP) is 2.96. The summed E-state index contributed by atoms with van der Waals surface area (Å²) >= 11 is 0. The van der Waals surface area contributed by atoms with E-state index in [9.17, 15) is 4.79 Å². The summed E-state index contributed by atoms with van der Waals surface area (Å²) in [5.41, 5.74) is 0. The third-order valence-electron chi connectivity index (χ3n) is 3.26. The van der Waals surface area contributed by atoms with Gasteiger partial charge in [0.1, 0.15) is 0 Å². The molecule has 1 saturated heterocycles. The second-order valence-corrected chi connectivity index (χ2v) is 5.26. The smallest absolute Gasteiger partial charge is 0.320 e. The molecule has 0 aromatic carbocycles. The molecule has 0 radical (unpaired) electrons. The van der Waals surface area contributed by atoms with Crippen LogP contribution in [0.25, 0.3) is 0 Å². The van der Waals surface area contributed by atoms with Crippen molar-refractivity contribution in [3.05, 3.63) is 0 Å². The monoisotopic (exact) mass is 226 g/mol. The number of hydrogen-bond donors (Lipinski definition) is 0. The van der Waals surface area contributed by atoms with Gasteiger partial charge in [-0.15, -0.1) is 0 Å². The summed E-state index contributed by atoms with van der Waals surface area (Å²) in [7, 11) is 0. The van der Waals surface area contributed by atoms with Gasteiger partial charge in [-0.2, -0.15) is 0 Å². The van der Waals surface area contributed by atoms with Crippen LogP contribution in [0.3, 0.4) is 0 Å². The van der Waals surface area contributed by atoms with Crippen molar-refractivity contribution in [3.63, 3.8) is 0 Å². The Balaban J connectivity index is 2.58. The molecule has 0 N–H and O–H groups in total. The molecule has 94 valence electrons. The Bertz CT molecular complexity index is 228. The molecule has 1 unspecified atom stereocenters. The first kappa shape index (κ1) is 13.3. The van der Waals surface area contributed by atoms with Gasteiger partial charge in [0.2, 0.25) is 0 Å². The van der Waals surface area contributed by atoms with Crippen LogP contribution >= 0.6 is 0 Å². The summed E-state index contributed by atoms with van der Waals surface area (Å²) in [5.74, 6) is 0.660. The lowest BCUT2D eigenvalue weighted by atomic mass is 10.0. The van der Waals surface area contributed by atoms with Crippen LogP contribution in [0.5, 0.6) is 0 Å². The van der Waals surface area contributed by atoms with E-state index >= 15 is 0 Å². The maximum atomic E-state index is 12.3. The summed E-state index contributed by atoms with van der Waals surface area (Å²) in [6.07, 6.45) is 3.46. The lowest BCUT2D eigenvalue weighted by Gasteiger charge is -2.37. The van der Waals surface area contributed by atoms with Gasteiger partial charge in [0, 0.05) is 25.7 Å². The minimum atomic E-state index is 0.239. The molecule has 16 heavy (non-hydrogen) atoms. The lowest BCUT2D eigenvalue weighted by Crippen LogP contribution is -2.49. The third-order valence-corrected chi connectivity index (χ3v) is 3.26. The molecule has 1 heterocycles. The van der Waals surface area contributed by atoms with Crippen molar-refractivity contribution < 1.29 is 4.79 Å². The van der Waals surface area contributed by atoms with Crippen molar-refractivity contribution in [3.8, 4) is 0 Å². The van der Waals surface area contributed by atoms with E-state index in [2.05, 4.69) is 27.7 Å². The Morgan fingerprint density at radius 2 is 2.19 bits per heavy atom. The highest BCUT2D eigenvalue weighted by Gasteiger charge is 2.26. The average Bonchev–Trinajstić information content (AvgIpc) is 2.24. The molecular weight excluding hydrogens is 200 g/mol. The van der Waals surface area contributed by atoms with Gasteiger partial charge in [-0.05, 0) is 39.0 Å². The number of nitrogens with zero attached hydrogens (tertiary/aromatic N) is 2. The Labute approximate surface area is 99.8 Å². The van der Waals surface area contributed by atoms with Crippen molar-refractivity contribution in [2.75, 3.05) is 19.6 Å². The maximum Gasteiger partial charge on any atom is 0.320 e. The third kappa shape index (κ3) is 3.39. The zero-order valence-electron chi connectivity index (χ0n) is 11.2. The first-order valence-corrected chi connectivity index (χ1v) is 6.61. The topological polar surface area (TPSA) is 23.6 Å². The summed E-state index contributed by atoms with van der Waals surface area (Å²) in [6, 6.07) is 0.549. The first-order valence-electron chi connectivity index (χ1n) is 6.61. The van der Waals surface area contributed by atoms with E-state index in [-0.39, 0.29) is 6.03 Å². The molecule has 2 amide bonds. The van der Waals surface area contributed by atoms with Crippen molar-refractivity contribution in [1.29, 1.82) is 0 Å². The summed E-state index contributed by atoms with van der Waals surface area (Å²) in [6.45, 7) is 11.3. The highest BCUT2D eigenvalue weighted by molar-refractivity contribution is 5.74. The minimum Gasteiger partial charge on any atom is -0.324 e. The van der Waals surface area contributed by atoms with Gasteiger partial charge in [0.05, 0.1) is 0 Å². The Morgan fingerprint density at radius 1 is 1.50 bits per heavy atom. The number of urea groups is 1. The van der Waals surface area contributed by atoms with Gasteiger partial charge < -0.3 is 9.80 Å². The highest BCUT2D eigenvalue weighted by atomic mass is 16.2. The number of hydrogen-bond acceptors (Lipinski definition) is 1. The fraction of sp³-hybridized carbons (Fsp3) is 0.923. The molecule has 3 heteroatoms. The molecule has 3 nitrogen and oxygen atoms in total. The molecule has 0 spiro atoms. The van der Waals surface area contributed by atoms with E-state index in [4.69, 9.17) is 0 Å². The number of piperidine rings is 1. The number of amides is 2. The number of carbonyl (C=O) groups is 1. The van der Waals surface area contributed by atoms with Gasteiger partial charge in [0.25, 0.3) is 0 Å². The van der Waals surface area contributed by atoms with Gasteiger partial charge in [-0.1, -0.05) is 13.8 Å². The molecule has 0 saturated carbocycles. The second kappa shape index (κ2) is 6.12. The van der Waals surface area contributed by atoms with E-state index < -0.39 is 0 Å². The molecular formula is C13H26N2O. The van der Waals surface area contributed by atoms with Crippen LogP contribution in [0, 0.1) is 5.92 Å². The summed E-state index contributed by atoms with van der Waals surface area (Å²) < 4.78 is 0. The predicted molar refractivity (Wildman–Crippen MR) is 67.5 cm³/mol. The van der Waals surface area contributed by atoms with Crippen molar-refractivity contribution in [2.24, 2.45) is 5.92 Å². The molecule has 0 bridgehead atoms. The highest BCUT2D eigenvalue weighted by Crippen LogP contribution is 2.17. The van der Waals surface area contributed by atoms with Gasteiger partial charge in [-0.25, -0.2) is 4.79 Å². The average molecular weight is 226 g/mol. The number of likely N-dealkylation sites (tertiary alicyclic amines) is 1. The van der Waals surface area contributed by atoms with Gasteiger partial charge in [0.15, 0.2) is 0 Å². The quantitative estimate of drug-likeness (QED) is 0.725. The molecule has 1 aliphatic heterocycles. The molecule has 0 aromatic heterocycles. The molecule has 1 rings (SSSR count). The molecule has 1 aliphatic rings. The van der Waals surface area contributed by atoms with E-state index in [1.807, 2.05) is 9.80 Å². The zero-order chi connectivity index (χ0) is 12.1. The first-order chi connectivity index (χ1) is 7.56.